The lowest BCUT2D eigenvalue weighted by atomic mass is 9.88. The Hall–Kier alpha value is -1.44. The van der Waals surface area contributed by atoms with E-state index >= 15 is 0 Å². The Morgan fingerprint density at radius 1 is 1.36 bits per heavy atom. The molecule has 0 bridgehead atoms. The number of ether oxygens (including phenoxy) is 2. The van der Waals surface area contributed by atoms with Gasteiger partial charge in [-0.25, -0.2) is 4.79 Å². The Labute approximate surface area is 152 Å². The van der Waals surface area contributed by atoms with Crippen molar-refractivity contribution in [1.82, 2.24) is 4.90 Å². The molecule has 7 heteroatoms. The third kappa shape index (κ3) is 4.40. The topological polar surface area (TPSA) is 67.9 Å². The number of anilines is 1. The Morgan fingerprint density at radius 2 is 2.12 bits per heavy atom. The standard InChI is InChI=1S/C18H26N2O4S/c1-3-24-18(22)16-13-5-4-12(2)10-14(13)25-17(16)19-15(21)11-20-6-8-23-9-7-20/h12H,3-11H2,1-2H3,(H,19,21)/t12-/m0/s1. The highest BCUT2D eigenvalue weighted by Crippen LogP contribution is 2.40. The lowest BCUT2D eigenvalue weighted by Gasteiger charge is -2.25. The molecule has 1 atom stereocenters. The zero-order valence-electron chi connectivity index (χ0n) is 14.9. The maximum absolute atomic E-state index is 12.5. The van der Waals surface area contributed by atoms with Gasteiger partial charge in [-0.15, -0.1) is 11.3 Å². The van der Waals surface area contributed by atoms with Gasteiger partial charge in [-0.3, -0.25) is 9.69 Å². The number of morpholine rings is 1. The van der Waals surface area contributed by atoms with Crippen LogP contribution in [0.3, 0.4) is 0 Å². The third-order valence-corrected chi connectivity index (χ3v) is 5.88. The number of carbonyl (C=O) groups is 2. The Balaban J connectivity index is 1.77. The van der Waals surface area contributed by atoms with Crippen LogP contribution >= 0.6 is 11.3 Å². The highest BCUT2D eigenvalue weighted by molar-refractivity contribution is 7.17. The fraction of sp³-hybridized carbons (Fsp3) is 0.667. The Morgan fingerprint density at radius 3 is 2.84 bits per heavy atom. The molecule has 0 saturated carbocycles. The molecule has 1 aromatic heterocycles. The van der Waals surface area contributed by atoms with E-state index in [2.05, 4.69) is 17.1 Å². The van der Waals surface area contributed by atoms with E-state index in [1.54, 1.807) is 6.92 Å². The summed E-state index contributed by atoms with van der Waals surface area (Å²) in [5, 5.41) is 3.61. The van der Waals surface area contributed by atoms with Gasteiger partial charge in [-0.1, -0.05) is 6.92 Å². The number of fused-ring (bicyclic) bond motifs is 1. The molecule has 2 heterocycles. The van der Waals surface area contributed by atoms with Crippen LogP contribution in [0, 0.1) is 5.92 Å². The lowest BCUT2D eigenvalue weighted by Crippen LogP contribution is -2.41. The normalized spacial score (nSPS) is 20.8. The second kappa shape index (κ2) is 8.29. The number of esters is 1. The molecule has 2 aliphatic rings. The molecule has 1 saturated heterocycles. The van der Waals surface area contributed by atoms with Crippen molar-refractivity contribution < 1.29 is 19.1 Å². The molecule has 1 aliphatic carbocycles. The summed E-state index contributed by atoms with van der Waals surface area (Å²) >= 11 is 1.53. The molecule has 1 fully saturated rings. The van der Waals surface area contributed by atoms with Gasteiger partial charge in [0.1, 0.15) is 5.00 Å². The highest BCUT2D eigenvalue weighted by atomic mass is 32.1. The van der Waals surface area contributed by atoms with E-state index in [0.29, 0.717) is 42.8 Å². The molecule has 0 aromatic carbocycles. The van der Waals surface area contributed by atoms with E-state index in [-0.39, 0.29) is 11.9 Å². The summed E-state index contributed by atoms with van der Waals surface area (Å²) in [7, 11) is 0. The number of nitrogens with zero attached hydrogens (tertiary/aromatic N) is 1. The number of thiophene rings is 1. The van der Waals surface area contributed by atoms with Gasteiger partial charge in [0.15, 0.2) is 0 Å². The van der Waals surface area contributed by atoms with Crippen LogP contribution in [0.5, 0.6) is 0 Å². The minimum atomic E-state index is -0.323. The first-order chi connectivity index (χ1) is 12.1. The molecule has 1 amide bonds. The predicted octanol–water partition coefficient (Wildman–Crippen LogP) is 2.32. The van der Waals surface area contributed by atoms with Crippen molar-refractivity contribution in [1.29, 1.82) is 0 Å². The summed E-state index contributed by atoms with van der Waals surface area (Å²) in [5.74, 6) is 0.202. The molecule has 1 N–H and O–H groups in total. The molecule has 3 rings (SSSR count). The van der Waals surface area contributed by atoms with Gasteiger partial charge >= 0.3 is 5.97 Å². The van der Waals surface area contributed by atoms with Crippen molar-refractivity contribution >= 4 is 28.2 Å². The van der Waals surface area contributed by atoms with E-state index in [1.807, 2.05) is 0 Å². The van der Waals surface area contributed by atoms with Crippen LogP contribution in [-0.4, -0.2) is 56.2 Å². The van der Waals surface area contributed by atoms with Crippen LogP contribution in [-0.2, 0) is 27.1 Å². The quantitative estimate of drug-likeness (QED) is 0.810. The molecule has 6 nitrogen and oxygen atoms in total. The lowest BCUT2D eigenvalue weighted by molar-refractivity contribution is -0.118. The maximum Gasteiger partial charge on any atom is 0.341 e. The molecular weight excluding hydrogens is 340 g/mol. The zero-order chi connectivity index (χ0) is 17.8. The first-order valence-electron chi connectivity index (χ1n) is 9.00. The van der Waals surface area contributed by atoms with E-state index in [9.17, 15) is 9.59 Å². The van der Waals surface area contributed by atoms with Crippen molar-refractivity contribution in [2.45, 2.75) is 33.1 Å². The second-order valence-corrected chi connectivity index (χ2v) is 7.82. The van der Waals surface area contributed by atoms with Gasteiger partial charge in [0.2, 0.25) is 5.91 Å². The summed E-state index contributed by atoms with van der Waals surface area (Å²) in [6, 6.07) is 0. The van der Waals surface area contributed by atoms with Crippen molar-refractivity contribution in [3.63, 3.8) is 0 Å². The smallest absolute Gasteiger partial charge is 0.341 e. The first-order valence-corrected chi connectivity index (χ1v) is 9.81. The van der Waals surface area contributed by atoms with Crippen molar-refractivity contribution in [3.05, 3.63) is 16.0 Å². The highest BCUT2D eigenvalue weighted by Gasteiger charge is 2.29. The largest absolute Gasteiger partial charge is 0.462 e. The Bertz CT molecular complexity index is 637. The van der Waals surface area contributed by atoms with Gasteiger partial charge in [0, 0.05) is 18.0 Å². The van der Waals surface area contributed by atoms with Crippen LogP contribution in [0.2, 0.25) is 0 Å². The summed E-state index contributed by atoms with van der Waals surface area (Å²) in [5.41, 5.74) is 1.65. The minimum Gasteiger partial charge on any atom is -0.462 e. The molecular formula is C18H26N2O4S. The second-order valence-electron chi connectivity index (χ2n) is 6.71. The zero-order valence-corrected chi connectivity index (χ0v) is 15.7. The van der Waals surface area contributed by atoms with Gasteiger partial charge in [0.25, 0.3) is 0 Å². The molecule has 25 heavy (non-hydrogen) atoms. The van der Waals surface area contributed by atoms with Gasteiger partial charge in [0.05, 0.1) is 31.9 Å². The monoisotopic (exact) mass is 366 g/mol. The number of hydrogen-bond acceptors (Lipinski definition) is 6. The predicted molar refractivity (Wildman–Crippen MR) is 97.4 cm³/mol. The molecule has 138 valence electrons. The summed E-state index contributed by atoms with van der Waals surface area (Å²) in [6.07, 6.45) is 2.91. The van der Waals surface area contributed by atoms with Gasteiger partial charge in [-0.2, -0.15) is 0 Å². The number of amides is 1. The van der Waals surface area contributed by atoms with Crippen LogP contribution in [0.1, 0.15) is 41.1 Å². The summed E-state index contributed by atoms with van der Waals surface area (Å²) < 4.78 is 10.6. The van der Waals surface area contributed by atoms with Crippen LogP contribution in [0.15, 0.2) is 0 Å². The van der Waals surface area contributed by atoms with Crippen molar-refractivity contribution in [3.8, 4) is 0 Å². The first kappa shape index (κ1) is 18.4. The number of carbonyl (C=O) groups excluding carboxylic acids is 2. The summed E-state index contributed by atoms with van der Waals surface area (Å²) in [4.78, 5) is 28.2. The van der Waals surface area contributed by atoms with Crippen molar-refractivity contribution in [2.75, 3.05) is 44.8 Å². The average Bonchev–Trinajstić information content (AvgIpc) is 2.92. The van der Waals surface area contributed by atoms with Crippen LogP contribution < -0.4 is 5.32 Å². The molecule has 0 unspecified atom stereocenters. The molecule has 0 spiro atoms. The SMILES string of the molecule is CCOC(=O)c1c(NC(=O)CN2CCOCC2)sc2c1CC[C@H](C)C2. The molecule has 0 radical (unpaired) electrons. The molecule has 1 aromatic rings. The average molecular weight is 366 g/mol. The van der Waals surface area contributed by atoms with Crippen LogP contribution in [0.4, 0.5) is 5.00 Å². The fourth-order valence-electron chi connectivity index (χ4n) is 3.39. The van der Waals surface area contributed by atoms with Gasteiger partial charge in [-0.05, 0) is 37.7 Å². The number of rotatable bonds is 5. The summed E-state index contributed by atoms with van der Waals surface area (Å²) in [6.45, 7) is 7.52. The van der Waals surface area contributed by atoms with E-state index < -0.39 is 0 Å². The maximum atomic E-state index is 12.5. The van der Waals surface area contributed by atoms with Gasteiger partial charge < -0.3 is 14.8 Å². The molecule has 1 aliphatic heterocycles. The van der Waals surface area contributed by atoms with E-state index in [0.717, 1.165) is 37.9 Å². The van der Waals surface area contributed by atoms with Crippen LogP contribution in [0.25, 0.3) is 0 Å². The Kier molecular flexibility index (Phi) is 6.09. The number of nitrogens with one attached hydrogen (secondary N) is 1. The van der Waals surface area contributed by atoms with E-state index in [1.165, 1.54) is 16.2 Å². The number of hydrogen-bond donors (Lipinski definition) is 1. The minimum absolute atomic E-state index is 0.0842. The van der Waals surface area contributed by atoms with E-state index in [4.69, 9.17) is 9.47 Å². The van der Waals surface area contributed by atoms with Crippen molar-refractivity contribution in [2.24, 2.45) is 5.92 Å². The third-order valence-electron chi connectivity index (χ3n) is 4.72. The fourth-order valence-corrected chi connectivity index (χ4v) is 4.80.